The highest BCUT2D eigenvalue weighted by Gasteiger charge is 2.31. The second-order valence-corrected chi connectivity index (χ2v) is 5.25. The lowest BCUT2D eigenvalue weighted by molar-refractivity contribution is -0.137. The standard InChI is InChI=1S/C15H14F3NOS/c1-9(2)20-13-6-4-3-5-11(13)12-7-10(15(16,17)18)8-14(21)19-12/h3-9H,1-2H3,(H,19,21). The Kier molecular flexibility index (Phi) is 4.37. The third-order valence-electron chi connectivity index (χ3n) is 2.71. The van der Waals surface area contributed by atoms with E-state index in [1.54, 1.807) is 24.3 Å². The van der Waals surface area contributed by atoms with E-state index in [9.17, 15) is 13.2 Å². The van der Waals surface area contributed by atoms with Crippen LogP contribution in [0, 0.1) is 4.64 Å². The smallest absolute Gasteiger partial charge is 0.416 e. The molecule has 1 N–H and O–H groups in total. The van der Waals surface area contributed by atoms with Crippen LogP contribution in [0.2, 0.25) is 0 Å². The maximum Gasteiger partial charge on any atom is 0.416 e. The Morgan fingerprint density at radius 1 is 1.14 bits per heavy atom. The van der Waals surface area contributed by atoms with Crippen LogP contribution < -0.4 is 4.74 Å². The van der Waals surface area contributed by atoms with Crippen molar-refractivity contribution in [1.29, 1.82) is 0 Å². The van der Waals surface area contributed by atoms with Gasteiger partial charge in [-0.05, 0) is 38.1 Å². The van der Waals surface area contributed by atoms with Crippen molar-refractivity contribution in [2.24, 2.45) is 0 Å². The number of alkyl halides is 3. The molecule has 6 heteroatoms. The number of ether oxygens (including phenoxy) is 1. The summed E-state index contributed by atoms with van der Waals surface area (Å²) >= 11 is 4.89. The number of para-hydroxylation sites is 1. The van der Waals surface area contributed by atoms with E-state index in [1.165, 1.54) is 0 Å². The predicted octanol–water partition coefficient (Wildman–Crippen LogP) is 5.22. The monoisotopic (exact) mass is 313 g/mol. The quantitative estimate of drug-likeness (QED) is 0.786. The van der Waals surface area contributed by atoms with Crippen LogP contribution in [0.15, 0.2) is 36.4 Å². The molecule has 0 amide bonds. The first-order valence-electron chi connectivity index (χ1n) is 6.35. The van der Waals surface area contributed by atoms with E-state index in [0.717, 1.165) is 12.1 Å². The number of H-pyrrole nitrogens is 1. The second kappa shape index (κ2) is 5.89. The molecule has 2 rings (SSSR count). The largest absolute Gasteiger partial charge is 0.490 e. The topological polar surface area (TPSA) is 25.0 Å². The zero-order chi connectivity index (χ0) is 15.6. The molecule has 1 aromatic heterocycles. The van der Waals surface area contributed by atoms with Crippen molar-refractivity contribution in [3.8, 4) is 17.0 Å². The van der Waals surface area contributed by atoms with E-state index in [4.69, 9.17) is 17.0 Å². The molecule has 0 atom stereocenters. The van der Waals surface area contributed by atoms with Gasteiger partial charge < -0.3 is 9.72 Å². The third kappa shape index (κ3) is 3.85. The van der Waals surface area contributed by atoms with Gasteiger partial charge in [0.2, 0.25) is 0 Å². The molecule has 0 bridgehead atoms. The molecule has 0 saturated carbocycles. The van der Waals surface area contributed by atoms with E-state index in [0.29, 0.717) is 11.3 Å². The van der Waals surface area contributed by atoms with Gasteiger partial charge in [-0.1, -0.05) is 24.4 Å². The number of nitrogens with one attached hydrogen (secondary N) is 1. The number of benzene rings is 1. The SMILES string of the molecule is CC(C)Oc1ccccc1-c1cc(C(F)(F)F)cc(=S)[nH]1. The number of halogens is 3. The van der Waals surface area contributed by atoms with Gasteiger partial charge in [-0.15, -0.1) is 0 Å². The Morgan fingerprint density at radius 2 is 1.81 bits per heavy atom. The van der Waals surface area contributed by atoms with Gasteiger partial charge in [-0.3, -0.25) is 0 Å². The van der Waals surface area contributed by atoms with Crippen LogP contribution in [0.25, 0.3) is 11.3 Å². The number of aromatic amines is 1. The van der Waals surface area contributed by atoms with Gasteiger partial charge in [-0.2, -0.15) is 13.2 Å². The van der Waals surface area contributed by atoms with Crippen molar-refractivity contribution in [1.82, 2.24) is 4.98 Å². The van der Waals surface area contributed by atoms with Gasteiger partial charge in [0.15, 0.2) is 0 Å². The van der Waals surface area contributed by atoms with Gasteiger partial charge in [-0.25, -0.2) is 0 Å². The Labute approximate surface area is 125 Å². The van der Waals surface area contributed by atoms with E-state index >= 15 is 0 Å². The molecule has 0 unspecified atom stereocenters. The Hall–Kier alpha value is -1.82. The van der Waals surface area contributed by atoms with Crippen LogP contribution in [0.5, 0.6) is 5.75 Å². The van der Waals surface area contributed by atoms with Crippen LogP contribution >= 0.6 is 12.2 Å². The normalized spacial score (nSPS) is 11.7. The average molecular weight is 313 g/mol. The van der Waals surface area contributed by atoms with Crippen LogP contribution in [-0.4, -0.2) is 11.1 Å². The molecule has 112 valence electrons. The summed E-state index contributed by atoms with van der Waals surface area (Å²) in [7, 11) is 0. The first-order chi connectivity index (χ1) is 9.77. The number of pyridine rings is 1. The molecule has 2 nitrogen and oxygen atoms in total. The Balaban J connectivity index is 2.57. The molecule has 0 radical (unpaired) electrons. The summed E-state index contributed by atoms with van der Waals surface area (Å²) in [5.41, 5.74) is 0.0510. The molecule has 0 aliphatic heterocycles. The van der Waals surface area contributed by atoms with Crippen LogP contribution in [0.4, 0.5) is 13.2 Å². The van der Waals surface area contributed by atoms with E-state index in [1.807, 2.05) is 13.8 Å². The molecule has 0 aliphatic rings. The first-order valence-corrected chi connectivity index (χ1v) is 6.76. The summed E-state index contributed by atoms with van der Waals surface area (Å²) in [5, 5.41) is 0. The van der Waals surface area contributed by atoms with Gasteiger partial charge >= 0.3 is 6.18 Å². The summed E-state index contributed by atoms with van der Waals surface area (Å²) in [5.74, 6) is 0.512. The molecule has 0 saturated heterocycles. The van der Waals surface area contributed by atoms with Crippen LogP contribution in [0.3, 0.4) is 0 Å². The molecule has 21 heavy (non-hydrogen) atoms. The average Bonchev–Trinajstić information content (AvgIpc) is 2.37. The van der Waals surface area contributed by atoms with Crippen molar-refractivity contribution < 1.29 is 17.9 Å². The molecule has 0 spiro atoms. The lowest BCUT2D eigenvalue weighted by Gasteiger charge is -2.15. The molecular formula is C15H14F3NOS. The van der Waals surface area contributed by atoms with Gasteiger partial charge in [0.25, 0.3) is 0 Å². The van der Waals surface area contributed by atoms with Crippen molar-refractivity contribution in [2.45, 2.75) is 26.1 Å². The highest BCUT2D eigenvalue weighted by Crippen LogP contribution is 2.34. The number of aromatic nitrogens is 1. The van der Waals surface area contributed by atoms with Crippen LogP contribution in [0.1, 0.15) is 19.4 Å². The molecular weight excluding hydrogens is 299 g/mol. The minimum absolute atomic E-state index is 0.0270. The van der Waals surface area contributed by atoms with Gasteiger partial charge in [0, 0.05) is 5.56 Å². The molecule has 0 aliphatic carbocycles. The third-order valence-corrected chi connectivity index (χ3v) is 2.93. The van der Waals surface area contributed by atoms with E-state index < -0.39 is 11.7 Å². The zero-order valence-electron chi connectivity index (χ0n) is 11.5. The molecule has 2 aromatic rings. The minimum atomic E-state index is -4.44. The van der Waals surface area contributed by atoms with Crippen molar-refractivity contribution in [3.63, 3.8) is 0 Å². The lowest BCUT2D eigenvalue weighted by atomic mass is 10.1. The van der Waals surface area contributed by atoms with E-state index in [2.05, 4.69) is 4.98 Å². The van der Waals surface area contributed by atoms with Gasteiger partial charge in [0.05, 0.1) is 17.4 Å². The Morgan fingerprint density at radius 3 is 2.43 bits per heavy atom. The predicted molar refractivity (Wildman–Crippen MR) is 77.8 cm³/mol. The summed E-state index contributed by atoms with van der Waals surface area (Å²) < 4.78 is 44.3. The fraction of sp³-hybridized carbons (Fsp3) is 0.267. The lowest BCUT2D eigenvalue weighted by Crippen LogP contribution is -2.08. The fourth-order valence-electron chi connectivity index (χ4n) is 1.90. The molecule has 1 aromatic carbocycles. The van der Waals surface area contributed by atoms with Crippen molar-refractivity contribution >= 4 is 12.2 Å². The maximum atomic E-state index is 12.9. The number of rotatable bonds is 3. The van der Waals surface area contributed by atoms with Crippen LogP contribution in [-0.2, 0) is 6.18 Å². The van der Waals surface area contributed by atoms with Crippen molar-refractivity contribution in [2.75, 3.05) is 0 Å². The number of hydrogen-bond acceptors (Lipinski definition) is 2. The fourth-order valence-corrected chi connectivity index (χ4v) is 2.13. The highest BCUT2D eigenvalue weighted by molar-refractivity contribution is 7.71. The summed E-state index contributed by atoms with van der Waals surface area (Å²) in [6.45, 7) is 3.70. The number of hydrogen-bond donors (Lipinski definition) is 1. The minimum Gasteiger partial charge on any atom is -0.490 e. The Bertz CT molecular complexity index is 692. The second-order valence-electron chi connectivity index (χ2n) is 4.81. The van der Waals surface area contributed by atoms with Crippen molar-refractivity contribution in [3.05, 3.63) is 46.6 Å². The maximum absolute atomic E-state index is 12.9. The summed E-state index contributed by atoms with van der Waals surface area (Å²) in [6.07, 6.45) is -4.52. The molecule has 1 heterocycles. The summed E-state index contributed by atoms with van der Waals surface area (Å²) in [4.78, 5) is 2.78. The zero-order valence-corrected chi connectivity index (χ0v) is 12.3. The highest BCUT2D eigenvalue weighted by atomic mass is 32.1. The first kappa shape index (κ1) is 15.6. The van der Waals surface area contributed by atoms with Gasteiger partial charge in [0.1, 0.15) is 10.4 Å². The summed E-state index contributed by atoms with van der Waals surface area (Å²) in [6, 6.07) is 8.86. The molecule has 0 fully saturated rings. The van der Waals surface area contributed by atoms with E-state index in [-0.39, 0.29) is 16.4 Å².